The van der Waals surface area contributed by atoms with Crippen molar-refractivity contribution in [3.05, 3.63) is 30.1 Å². The summed E-state index contributed by atoms with van der Waals surface area (Å²) in [6.45, 7) is 4.45. The van der Waals surface area contributed by atoms with Gasteiger partial charge >= 0.3 is 12.1 Å². The van der Waals surface area contributed by atoms with E-state index in [9.17, 15) is 14.4 Å². The number of hydrogen-bond acceptors (Lipinski definition) is 7. The third kappa shape index (κ3) is 7.74. The number of nitrogens with two attached hydrogens (primary N) is 1. The van der Waals surface area contributed by atoms with Crippen molar-refractivity contribution in [1.29, 1.82) is 0 Å². The van der Waals surface area contributed by atoms with Gasteiger partial charge in [0.1, 0.15) is 6.04 Å². The maximum atomic E-state index is 13.5. The highest BCUT2D eigenvalue weighted by molar-refractivity contribution is 5.98. The van der Waals surface area contributed by atoms with Crippen LogP contribution in [0.1, 0.15) is 32.3 Å². The molecule has 1 aliphatic carbocycles. The fourth-order valence-corrected chi connectivity index (χ4v) is 3.26. The first-order valence-electron chi connectivity index (χ1n) is 10.8. The molecule has 2 rings (SSSR count). The van der Waals surface area contributed by atoms with Crippen LogP contribution in [0.5, 0.6) is 0 Å². The fourth-order valence-electron chi connectivity index (χ4n) is 3.26. The van der Waals surface area contributed by atoms with Gasteiger partial charge in [-0.1, -0.05) is 6.07 Å². The van der Waals surface area contributed by atoms with Gasteiger partial charge in [0.2, 0.25) is 0 Å². The number of aromatic nitrogens is 1. The Kier molecular flexibility index (Phi) is 10.3. The van der Waals surface area contributed by atoms with Crippen LogP contribution in [0.15, 0.2) is 24.5 Å². The molecule has 1 fully saturated rings. The lowest BCUT2D eigenvalue weighted by molar-refractivity contribution is -0.146. The fraction of sp³-hybridized carbons (Fsp3) is 0.619. The molecule has 11 nitrogen and oxygen atoms in total. The van der Waals surface area contributed by atoms with Gasteiger partial charge in [0, 0.05) is 44.7 Å². The van der Waals surface area contributed by atoms with Crippen LogP contribution in [-0.4, -0.2) is 89.1 Å². The summed E-state index contributed by atoms with van der Waals surface area (Å²) in [4.78, 5) is 44.5. The Bertz CT molecular complexity index is 739. The molecule has 1 saturated carbocycles. The van der Waals surface area contributed by atoms with Gasteiger partial charge in [-0.3, -0.25) is 14.7 Å². The Morgan fingerprint density at radius 1 is 1.28 bits per heavy atom. The molecular weight excluding hydrogens is 418 g/mol. The van der Waals surface area contributed by atoms with Crippen LogP contribution >= 0.6 is 0 Å². The molecule has 1 aromatic heterocycles. The number of ether oxygens (including phenoxy) is 2. The van der Waals surface area contributed by atoms with E-state index in [4.69, 9.17) is 20.3 Å². The smallest absolute Gasteiger partial charge is 0.405 e. The summed E-state index contributed by atoms with van der Waals surface area (Å²) in [5.74, 6) is -0.696. The Morgan fingerprint density at radius 3 is 2.47 bits per heavy atom. The first-order chi connectivity index (χ1) is 15.4. The highest BCUT2D eigenvalue weighted by Gasteiger charge is 2.39. The molecule has 4 amide bonds. The first kappa shape index (κ1) is 25.5. The monoisotopic (exact) mass is 451 g/mol. The van der Waals surface area contributed by atoms with Crippen molar-refractivity contribution in [2.24, 2.45) is 5.73 Å². The average molecular weight is 452 g/mol. The molecule has 32 heavy (non-hydrogen) atoms. The number of rotatable bonds is 13. The molecule has 0 saturated heterocycles. The molecule has 4 N–H and O–H groups in total. The number of urea groups is 1. The molecule has 0 bridgehead atoms. The number of nitrogens with zero attached hydrogens (tertiary/aromatic N) is 3. The summed E-state index contributed by atoms with van der Waals surface area (Å²) in [6, 6.07) is 1.83. The van der Waals surface area contributed by atoms with Crippen molar-refractivity contribution in [3.63, 3.8) is 0 Å². The van der Waals surface area contributed by atoms with E-state index < -0.39 is 30.4 Å². The Labute approximate surface area is 187 Å². The molecule has 178 valence electrons. The Balaban J connectivity index is 2.24. The van der Waals surface area contributed by atoms with E-state index in [1.807, 2.05) is 19.9 Å². The van der Waals surface area contributed by atoms with E-state index in [0.717, 1.165) is 23.3 Å². The minimum atomic E-state index is -1.39. The molecular formula is C21H33N5O6. The summed E-state index contributed by atoms with van der Waals surface area (Å²) in [7, 11) is 0. The molecule has 0 aromatic carbocycles. The summed E-state index contributed by atoms with van der Waals surface area (Å²) in [6.07, 6.45) is 3.28. The lowest BCUT2D eigenvalue weighted by Gasteiger charge is -2.33. The summed E-state index contributed by atoms with van der Waals surface area (Å²) in [5, 5.41) is 11.2. The van der Waals surface area contributed by atoms with Crippen molar-refractivity contribution in [3.8, 4) is 0 Å². The molecule has 1 unspecified atom stereocenters. The lowest BCUT2D eigenvalue weighted by Crippen LogP contribution is -2.57. The molecule has 0 spiro atoms. The normalized spacial score (nSPS) is 14.1. The Morgan fingerprint density at radius 2 is 1.97 bits per heavy atom. The maximum Gasteiger partial charge on any atom is 0.405 e. The summed E-state index contributed by atoms with van der Waals surface area (Å²) < 4.78 is 11.2. The highest BCUT2D eigenvalue weighted by atomic mass is 16.7. The molecule has 0 radical (unpaired) electrons. The maximum absolute atomic E-state index is 13.5. The first-order valence-corrected chi connectivity index (χ1v) is 10.8. The van der Waals surface area contributed by atoms with Crippen molar-refractivity contribution in [2.75, 3.05) is 32.8 Å². The molecule has 1 aromatic rings. The number of imide groups is 1. The molecule has 1 heterocycles. The van der Waals surface area contributed by atoms with Crippen molar-refractivity contribution < 1.29 is 29.0 Å². The van der Waals surface area contributed by atoms with Gasteiger partial charge in [-0.25, -0.2) is 9.59 Å². The van der Waals surface area contributed by atoms with Crippen LogP contribution in [0.25, 0.3) is 0 Å². The van der Waals surface area contributed by atoms with E-state index in [2.05, 4.69) is 10.3 Å². The predicted octanol–water partition coefficient (Wildman–Crippen LogP) is 1.03. The van der Waals surface area contributed by atoms with Crippen LogP contribution in [0.4, 0.5) is 9.59 Å². The minimum Gasteiger partial charge on any atom is -0.465 e. The number of amides is 4. The average Bonchev–Trinajstić information content (AvgIpc) is 3.61. The van der Waals surface area contributed by atoms with Gasteiger partial charge in [0.25, 0.3) is 5.91 Å². The molecule has 1 atom stereocenters. The number of pyridine rings is 1. The second-order valence-electron chi connectivity index (χ2n) is 7.35. The Hall–Kier alpha value is -2.76. The van der Waals surface area contributed by atoms with Crippen molar-refractivity contribution >= 4 is 18.0 Å². The number of nitrogens with one attached hydrogen (secondary N) is 1. The van der Waals surface area contributed by atoms with Crippen LogP contribution in [0.2, 0.25) is 0 Å². The van der Waals surface area contributed by atoms with Crippen LogP contribution in [0, 0.1) is 0 Å². The number of carbonyl (C=O) groups is 3. The van der Waals surface area contributed by atoms with Gasteiger partial charge in [0.15, 0.2) is 6.29 Å². The van der Waals surface area contributed by atoms with Crippen molar-refractivity contribution in [1.82, 2.24) is 20.1 Å². The number of carboxylic acid groups (broad SMARTS) is 1. The third-order valence-electron chi connectivity index (χ3n) is 4.96. The summed E-state index contributed by atoms with van der Waals surface area (Å²) >= 11 is 0. The van der Waals surface area contributed by atoms with Gasteiger partial charge in [-0.2, -0.15) is 0 Å². The van der Waals surface area contributed by atoms with E-state index in [-0.39, 0.29) is 25.7 Å². The predicted molar refractivity (Wildman–Crippen MR) is 116 cm³/mol. The molecule has 0 aliphatic heterocycles. The van der Waals surface area contributed by atoms with E-state index >= 15 is 0 Å². The molecule has 11 heteroatoms. The zero-order valence-electron chi connectivity index (χ0n) is 18.6. The second-order valence-corrected chi connectivity index (χ2v) is 7.35. The van der Waals surface area contributed by atoms with Crippen molar-refractivity contribution in [2.45, 2.75) is 51.5 Å². The second kappa shape index (κ2) is 12.9. The van der Waals surface area contributed by atoms with Gasteiger partial charge in [0.05, 0.1) is 6.54 Å². The lowest BCUT2D eigenvalue weighted by atomic mass is 10.2. The van der Waals surface area contributed by atoms with E-state index in [0.29, 0.717) is 19.6 Å². The van der Waals surface area contributed by atoms with Crippen LogP contribution in [-0.2, 0) is 20.7 Å². The molecule has 1 aliphatic rings. The topological polar surface area (TPSA) is 147 Å². The SMILES string of the molecule is CCOC(CN(C(=O)N(CCc1cccnc1)C(=O)C(CN)NC(=O)O)C1CC1)OCC. The summed E-state index contributed by atoms with van der Waals surface area (Å²) in [5.41, 5.74) is 6.47. The number of hydrogen-bond donors (Lipinski definition) is 3. The quantitative estimate of drug-likeness (QED) is 0.377. The minimum absolute atomic E-state index is 0.0247. The third-order valence-corrected chi connectivity index (χ3v) is 4.96. The van der Waals surface area contributed by atoms with E-state index in [1.54, 1.807) is 23.4 Å². The largest absolute Gasteiger partial charge is 0.465 e. The van der Waals surface area contributed by atoms with Crippen LogP contribution in [0.3, 0.4) is 0 Å². The van der Waals surface area contributed by atoms with E-state index in [1.165, 1.54) is 0 Å². The highest BCUT2D eigenvalue weighted by Crippen LogP contribution is 2.28. The standard InChI is InChI=1S/C21H33N5O6/c1-3-31-18(32-4-2)14-26(16-7-8-16)21(30)25(11-9-15-6-5-10-23-13-15)19(27)17(12-22)24-20(28)29/h5-6,10,13,16-18,24H,3-4,7-9,11-12,14,22H2,1-2H3,(H,28,29). The van der Waals surface area contributed by atoms with Gasteiger partial charge in [-0.15, -0.1) is 0 Å². The van der Waals surface area contributed by atoms with Crippen LogP contribution < -0.4 is 11.1 Å². The van der Waals surface area contributed by atoms with Gasteiger partial charge in [-0.05, 0) is 44.7 Å². The van der Waals surface area contributed by atoms with Gasteiger partial charge < -0.3 is 30.5 Å². The zero-order valence-corrected chi connectivity index (χ0v) is 18.6. The zero-order chi connectivity index (χ0) is 23.5. The number of carbonyl (C=O) groups excluding carboxylic acids is 2.